The summed E-state index contributed by atoms with van der Waals surface area (Å²) < 4.78 is 0. The summed E-state index contributed by atoms with van der Waals surface area (Å²) in [6.45, 7) is 6.80. The Bertz CT molecular complexity index is 346. The first-order chi connectivity index (χ1) is 7.95. The van der Waals surface area contributed by atoms with Gasteiger partial charge in [0.1, 0.15) is 0 Å². The molecule has 0 heterocycles. The Kier molecular flexibility index (Phi) is 5.84. The Morgan fingerprint density at radius 2 is 1.94 bits per heavy atom. The number of hydrogen-bond donors (Lipinski definition) is 1. The number of halogens is 1. The largest absolute Gasteiger partial charge is 0.316 e. The zero-order valence-corrected chi connectivity index (χ0v) is 12.7. The van der Waals surface area contributed by atoms with Crippen molar-refractivity contribution in [2.45, 2.75) is 32.6 Å². The molecule has 0 bridgehead atoms. The molecule has 1 rings (SSSR count). The Labute approximate surface area is 114 Å². The molecule has 0 aliphatic rings. The van der Waals surface area contributed by atoms with Gasteiger partial charge in [-0.25, -0.2) is 0 Å². The number of benzene rings is 1. The van der Waals surface area contributed by atoms with Crippen LogP contribution in [0, 0.1) is 5.41 Å². The minimum absolute atomic E-state index is 0.294. The van der Waals surface area contributed by atoms with Crippen molar-refractivity contribution in [2.24, 2.45) is 5.41 Å². The summed E-state index contributed by atoms with van der Waals surface area (Å²) in [6, 6.07) is 8.59. The third-order valence-corrected chi connectivity index (χ3v) is 4.35. The normalized spacial score (nSPS) is 13.7. The maximum atomic E-state index is 6.13. The second-order valence-corrected chi connectivity index (χ2v) is 6.75. The van der Waals surface area contributed by atoms with Crippen LogP contribution in [-0.4, -0.2) is 18.8 Å². The third-order valence-electron chi connectivity index (χ3n) is 2.89. The van der Waals surface area contributed by atoms with Crippen LogP contribution in [-0.2, 0) is 5.75 Å². The van der Waals surface area contributed by atoms with Crippen LogP contribution in [0.1, 0.15) is 26.3 Å². The van der Waals surface area contributed by atoms with E-state index in [9.17, 15) is 0 Å². The van der Waals surface area contributed by atoms with Crippen LogP contribution in [0.15, 0.2) is 24.3 Å². The summed E-state index contributed by atoms with van der Waals surface area (Å²) in [6.07, 6.45) is 0. The van der Waals surface area contributed by atoms with Crippen molar-refractivity contribution in [1.29, 1.82) is 0 Å². The molecule has 1 aromatic rings. The van der Waals surface area contributed by atoms with Crippen molar-refractivity contribution in [3.8, 4) is 0 Å². The zero-order chi connectivity index (χ0) is 12.9. The molecule has 17 heavy (non-hydrogen) atoms. The van der Waals surface area contributed by atoms with E-state index >= 15 is 0 Å². The molecule has 3 heteroatoms. The Morgan fingerprint density at radius 1 is 1.29 bits per heavy atom. The van der Waals surface area contributed by atoms with Crippen LogP contribution in [0.4, 0.5) is 0 Å². The van der Waals surface area contributed by atoms with E-state index in [2.05, 4.69) is 32.2 Å². The van der Waals surface area contributed by atoms with Crippen molar-refractivity contribution in [3.05, 3.63) is 34.9 Å². The Balaban J connectivity index is 2.45. The topological polar surface area (TPSA) is 12.0 Å². The van der Waals surface area contributed by atoms with Crippen molar-refractivity contribution in [3.63, 3.8) is 0 Å². The molecule has 96 valence electrons. The van der Waals surface area contributed by atoms with Crippen molar-refractivity contribution < 1.29 is 0 Å². The highest BCUT2D eigenvalue weighted by atomic mass is 35.5. The molecule has 0 aromatic heterocycles. The second-order valence-electron chi connectivity index (χ2n) is 5.31. The molecule has 0 aliphatic carbocycles. The van der Waals surface area contributed by atoms with Crippen molar-refractivity contribution >= 4 is 23.4 Å². The summed E-state index contributed by atoms with van der Waals surface area (Å²) >= 11 is 8.07. The van der Waals surface area contributed by atoms with Gasteiger partial charge in [0.15, 0.2) is 0 Å². The molecule has 0 aliphatic heterocycles. The molecular formula is C14H22ClNS. The molecule has 0 saturated heterocycles. The van der Waals surface area contributed by atoms with Gasteiger partial charge in [0.2, 0.25) is 0 Å². The van der Waals surface area contributed by atoms with E-state index in [0.29, 0.717) is 11.5 Å². The summed E-state index contributed by atoms with van der Waals surface area (Å²) in [5, 5.41) is 4.26. The van der Waals surface area contributed by atoms with Gasteiger partial charge in [-0.3, -0.25) is 0 Å². The molecule has 1 aromatic carbocycles. The van der Waals surface area contributed by atoms with E-state index in [0.717, 1.165) is 16.5 Å². The highest BCUT2D eigenvalue weighted by Gasteiger charge is 2.22. The average Bonchev–Trinajstić information content (AvgIpc) is 2.25. The summed E-state index contributed by atoms with van der Waals surface area (Å²) in [5.41, 5.74) is 1.52. The quantitative estimate of drug-likeness (QED) is 0.861. The van der Waals surface area contributed by atoms with Gasteiger partial charge in [0.25, 0.3) is 0 Å². The fourth-order valence-electron chi connectivity index (χ4n) is 1.67. The van der Waals surface area contributed by atoms with E-state index in [1.54, 1.807) is 0 Å². The summed E-state index contributed by atoms with van der Waals surface area (Å²) in [5.74, 6) is 2.08. The van der Waals surface area contributed by atoms with Crippen molar-refractivity contribution in [1.82, 2.24) is 5.32 Å². The van der Waals surface area contributed by atoms with Gasteiger partial charge in [0.05, 0.1) is 0 Å². The predicted molar refractivity (Wildman–Crippen MR) is 79.9 cm³/mol. The van der Waals surface area contributed by atoms with E-state index < -0.39 is 0 Å². The maximum absolute atomic E-state index is 6.13. The standard InChI is InChI=1S/C14H22ClNS/c1-14(2,3)13(16-4)10-17-9-11-7-5-6-8-12(11)15/h5-8,13,16H,9-10H2,1-4H3. The van der Waals surface area contributed by atoms with Gasteiger partial charge >= 0.3 is 0 Å². The summed E-state index contributed by atoms with van der Waals surface area (Å²) in [7, 11) is 2.03. The molecule has 0 spiro atoms. The number of nitrogens with one attached hydrogen (secondary N) is 1. The van der Waals surface area contributed by atoms with Crippen LogP contribution < -0.4 is 5.32 Å². The molecule has 0 saturated carbocycles. The third kappa shape index (κ3) is 4.90. The highest BCUT2D eigenvalue weighted by molar-refractivity contribution is 7.98. The highest BCUT2D eigenvalue weighted by Crippen LogP contribution is 2.26. The molecule has 1 unspecified atom stereocenters. The van der Waals surface area contributed by atoms with E-state index in [-0.39, 0.29) is 0 Å². The second kappa shape index (κ2) is 6.67. The Hall–Kier alpha value is -0.180. The molecule has 0 amide bonds. The maximum Gasteiger partial charge on any atom is 0.0446 e. The number of rotatable bonds is 5. The lowest BCUT2D eigenvalue weighted by Gasteiger charge is -2.30. The minimum Gasteiger partial charge on any atom is -0.316 e. The van der Waals surface area contributed by atoms with E-state index in [4.69, 9.17) is 11.6 Å². The lowest BCUT2D eigenvalue weighted by molar-refractivity contribution is 0.305. The smallest absolute Gasteiger partial charge is 0.0446 e. The molecule has 0 radical (unpaired) electrons. The first-order valence-corrected chi connectivity index (χ1v) is 7.47. The van der Waals surface area contributed by atoms with Crippen molar-refractivity contribution in [2.75, 3.05) is 12.8 Å². The van der Waals surface area contributed by atoms with Crippen LogP contribution in [0.25, 0.3) is 0 Å². The summed E-state index contributed by atoms with van der Waals surface area (Å²) in [4.78, 5) is 0. The molecule has 1 nitrogen and oxygen atoms in total. The number of hydrogen-bond acceptors (Lipinski definition) is 2. The van der Waals surface area contributed by atoms with Crippen LogP contribution in [0.3, 0.4) is 0 Å². The van der Waals surface area contributed by atoms with Gasteiger partial charge in [-0.2, -0.15) is 11.8 Å². The minimum atomic E-state index is 0.294. The molecular weight excluding hydrogens is 250 g/mol. The molecule has 1 atom stereocenters. The SMILES string of the molecule is CNC(CSCc1ccccc1Cl)C(C)(C)C. The lowest BCUT2D eigenvalue weighted by atomic mass is 9.88. The molecule has 1 N–H and O–H groups in total. The molecule has 0 fully saturated rings. The van der Waals surface area contributed by atoms with Gasteiger partial charge in [-0.05, 0) is 24.1 Å². The average molecular weight is 272 g/mol. The lowest BCUT2D eigenvalue weighted by Crippen LogP contribution is -2.40. The zero-order valence-electron chi connectivity index (χ0n) is 11.1. The monoisotopic (exact) mass is 271 g/mol. The fourth-order valence-corrected chi connectivity index (χ4v) is 3.44. The van der Waals surface area contributed by atoms with Crippen LogP contribution in [0.2, 0.25) is 5.02 Å². The fraction of sp³-hybridized carbons (Fsp3) is 0.571. The van der Waals surface area contributed by atoms with Crippen LogP contribution in [0.5, 0.6) is 0 Å². The van der Waals surface area contributed by atoms with Gasteiger partial charge in [-0.1, -0.05) is 50.6 Å². The Morgan fingerprint density at radius 3 is 2.47 bits per heavy atom. The van der Waals surface area contributed by atoms with E-state index in [1.165, 1.54) is 5.56 Å². The van der Waals surface area contributed by atoms with E-state index in [1.807, 2.05) is 37.0 Å². The predicted octanol–water partition coefficient (Wildman–Crippen LogP) is 4.21. The first kappa shape index (κ1) is 14.9. The first-order valence-electron chi connectivity index (χ1n) is 5.93. The van der Waals surface area contributed by atoms with Gasteiger partial charge < -0.3 is 5.32 Å². The number of thioether (sulfide) groups is 1. The van der Waals surface area contributed by atoms with Crippen LogP contribution >= 0.6 is 23.4 Å². The van der Waals surface area contributed by atoms with Gasteiger partial charge in [0, 0.05) is 22.6 Å². The van der Waals surface area contributed by atoms with Gasteiger partial charge in [-0.15, -0.1) is 0 Å².